The van der Waals surface area contributed by atoms with Gasteiger partial charge in [-0.1, -0.05) is 6.07 Å². The van der Waals surface area contributed by atoms with Gasteiger partial charge in [0, 0.05) is 30.7 Å². The van der Waals surface area contributed by atoms with Crippen molar-refractivity contribution in [3.05, 3.63) is 23.3 Å². The SMILES string of the molecule is COC(=O)CCN[C@H]1CC[C@@]2(O)[C@H]3Cc4ccc(O)c5c4C2(CCN3CC2CC2)[C@H]1O5. The van der Waals surface area contributed by atoms with Crippen LogP contribution in [-0.4, -0.2) is 71.6 Å². The highest BCUT2D eigenvalue weighted by molar-refractivity contribution is 5.69. The van der Waals surface area contributed by atoms with Crippen molar-refractivity contribution in [1.29, 1.82) is 0 Å². The van der Waals surface area contributed by atoms with E-state index >= 15 is 0 Å². The van der Waals surface area contributed by atoms with Gasteiger partial charge in [0.15, 0.2) is 11.5 Å². The lowest BCUT2D eigenvalue weighted by atomic mass is 9.48. The van der Waals surface area contributed by atoms with Gasteiger partial charge in [0.25, 0.3) is 0 Å². The first-order valence-corrected chi connectivity index (χ1v) is 11.8. The van der Waals surface area contributed by atoms with E-state index in [1.165, 1.54) is 25.5 Å². The number of ether oxygens (including phenoxy) is 2. The highest BCUT2D eigenvalue weighted by atomic mass is 16.5. The summed E-state index contributed by atoms with van der Waals surface area (Å²) in [5.74, 6) is 1.27. The number of carbonyl (C=O) groups excluding carboxylic acids is 1. The molecule has 3 N–H and O–H groups in total. The molecule has 2 aliphatic heterocycles. The number of esters is 1. The van der Waals surface area contributed by atoms with Gasteiger partial charge in [-0.05, 0) is 62.6 Å². The number of hydrogen-bond acceptors (Lipinski definition) is 7. The Hall–Kier alpha value is -1.83. The van der Waals surface area contributed by atoms with Crippen LogP contribution >= 0.6 is 0 Å². The molecule has 168 valence electrons. The van der Waals surface area contributed by atoms with Crippen LogP contribution in [-0.2, 0) is 21.4 Å². The summed E-state index contributed by atoms with van der Waals surface area (Å²) in [6.07, 6.45) is 5.78. The van der Waals surface area contributed by atoms with Gasteiger partial charge in [-0.2, -0.15) is 0 Å². The number of carbonyl (C=O) groups is 1. The molecule has 6 rings (SSSR count). The number of phenolic OH excluding ortho intramolecular Hbond substituents is 1. The third-order valence-electron chi connectivity index (χ3n) is 8.73. The van der Waals surface area contributed by atoms with Gasteiger partial charge >= 0.3 is 5.97 Å². The number of likely N-dealkylation sites (tertiary alicyclic amines) is 1. The Labute approximate surface area is 182 Å². The maximum absolute atomic E-state index is 12.4. The molecule has 2 heterocycles. The highest BCUT2D eigenvalue weighted by Gasteiger charge is 2.72. The number of hydrogen-bond donors (Lipinski definition) is 3. The van der Waals surface area contributed by atoms with E-state index < -0.39 is 11.0 Å². The third-order valence-corrected chi connectivity index (χ3v) is 8.73. The minimum atomic E-state index is -0.864. The number of piperidine rings is 1. The molecule has 7 nitrogen and oxygen atoms in total. The monoisotopic (exact) mass is 428 g/mol. The summed E-state index contributed by atoms with van der Waals surface area (Å²) in [5, 5.41) is 26.5. The number of nitrogens with one attached hydrogen (secondary N) is 1. The maximum atomic E-state index is 12.4. The van der Waals surface area contributed by atoms with Crippen molar-refractivity contribution < 1.29 is 24.5 Å². The standard InChI is InChI=1S/C24H32N2O5/c1-30-19(28)7-10-25-16-6-8-24(29)18-12-15-4-5-17(27)21-20(15)23(24,22(16)31-21)9-11-26(18)13-14-2-3-14/h4-5,14,16,18,22,25,27,29H,2-3,6-13H2,1H3/t16-,18+,22-,23?,24+/m0/s1. The van der Waals surface area contributed by atoms with Gasteiger partial charge in [0.2, 0.25) is 0 Å². The van der Waals surface area contributed by atoms with Crippen LogP contribution < -0.4 is 10.1 Å². The van der Waals surface area contributed by atoms with Crippen LogP contribution in [0.4, 0.5) is 0 Å². The average Bonchev–Trinajstić information content (AvgIpc) is 3.50. The summed E-state index contributed by atoms with van der Waals surface area (Å²) < 4.78 is 11.3. The van der Waals surface area contributed by atoms with Gasteiger partial charge in [0.1, 0.15) is 6.10 Å². The van der Waals surface area contributed by atoms with Crippen LogP contribution in [0.25, 0.3) is 0 Å². The van der Waals surface area contributed by atoms with E-state index in [0.717, 1.165) is 43.8 Å². The molecule has 3 aliphatic carbocycles. The lowest BCUT2D eigenvalue weighted by Crippen LogP contribution is -2.78. The van der Waals surface area contributed by atoms with Gasteiger partial charge in [-0.3, -0.25) is 9.69 Å². The fourth-order valence-corrected chi connectivity index (χ4v) is 7.15. The molecule has 2 saturated carbocycles. The molecule has 0 amide bonds. The second-order valence-electron chi connectivity index (χ2n) is 10.2. The largest absolute Gasteiger partial charge is 0.504 e. The maximum Gasteiger partial charge on any atom is 0.306 e. The van der Waals surface area contributed by atoms with E-state index in [4.69, 9.17) is 9.47 Å². The molecule has 5 aliphatic rings. The minimum absolute atomic E-state index is 0.0123. The fourth-order valence-electron chi connectivity index (χ4n) is 7.15. The van der Waals surface area contributed by atoms with Crippen molar-refractivity contribution in [2.45, 2.75) is 74.1 Å². The molecule has 1 spiro atoms. The van der Waals surface area contributed by atoms with E-state index in [-0.39, 0.29) is 29.9 Å². The topological polar surface area (TPSA) is 91.3 Å². The van der Waals surface area contributed by atoms with Crippen LogP contribution in [0, 0.1) is 5.92 Å². The Kier molecular flexibility index (Phi) is 4.37. The third kappa shape index (κ3) is 2.66. The lowest BCUT2D eigenvalue weighted by molar-refractivity contribution is -0.191. The Balaban J connectivity index is 1.38. The molecule has 0 radical (unpaired) electrons. The van der Waals surface area contributed by atoms with Crippen molar-refractivity contribution in [3.8, 4) is 11.5 Å². The number of aliphatic hydroxyl groups is 1. The van der Waals surface area contributed by atoms with Gasteiger partial charge in [-0.15, -0.1) is 0 Å². The predicted octanol–water partition coefficient (Wildman–Crippen LogP) is 1.48. The summed E-state index contributed by atoms with van der Waals surface area (Å²) in [4.78, 5) is 14.1. The molecule has 7 heteroatoms. The molecule has 1 saturated heterocycles. The zero-order valence-corrected chi connectivity index (χ0v) is 18.1. The molecule has 31 heavy (non-hydrogen) atoms. The van der Waals surface area contributed by atoms with Crippen LogP contribution in [0.2, 0.25) is 0 Å². The predicted molar refractivity (Wildman–Crippen MR) is 113 cm³/mol. The lowest BCUT2D eigenvalue weighted by Gasteiger charge is -2.64. The van der Waals surface area contributed by atoms with E-state index in [1.54, 1.807) is 6.07 Å². The number of aromatic hydroxyl groups is 1. The number of benzene rings is 1. The van der Waals surface area contributed by atoms with E-state index in [1.807, 2.05) is 6.07 Å². The molecule has 5 atom stereocenters. The second kappa shape index (κ2) is 6.83. The summed E-state index contributed by atoms with van der Waals surface area (Å²) in [6.45, 7) is 2.54. The fraction of sp³-hybridized carbons (Fsp3) is 0.708. The summed E-state index contributed by atoms with van der Waals surface area (Å²) in [6, 6.07) is 3.88. The second-order valence-corrected chi connectivity index (χ2v) is 10.2. The van der Waals surface area contributed by atoms with Crippen LogP contribution in [0.3, 0.4) is 0 Å². The molecule has 1 aromatic rings. The Bertz CT molecular complexity index is 917. The van der Waals surface area contributed by atoms with Crippen LogP contribution in [0.15, 0.2) is 12.1 Å². The number of nitrogens with zero attached hydrogens (tertiary/aromatic N) is 1. The van der Waals surface area contributed by atoms with Crippen molar-refractivity contribution in [2.24, 2.45) is 5.92 Å². The summed E-state index contributed by atoms with van der Waals surface area (Å²) in [7, 11) is 1.40. The van der Waals surface area contributed by atoms with Crippen molar-refractivity contribution in [2.75, 3.05) is 26.7 Å². The van der Waals surface area contributed by atoms with Crippen LogP contribution in [0.1, 0.15) is 49.7 Å². The normalized spacial score (nSPS) is 37.8. The zero-order chi connectivity index (χ0) is 21.4. The van der Waals surface area contributed by atoms with Crippen molar-refractivity contribution in [1.82, 2.24) is 10.2 Å². The summed E-state index contributed by atoms with van der Waals surface area (Å²) >= 11 is 0. The molecule has 2 bridgehead atoms. The van der Waals surface area contributed by atoms with E-state index in [0.29, 0.717) is 25.1 Å². The van der Waals surface area contributed by atoms with Crippen molar-refractivity contribution >= 4 is 5.97 Å². The number of methoxy groups -OCH3 is 1. The molecule has 1 unspecified atom stereocenters. The average molecular weight is 429 g/mol. The molecular formula is C24H32N2O5. The Morgan fingerprint density at radius 3 is 2.94 bits per heavy atom. The number of rotatable bonds is 6. The molecule has 0 aromatic heterocycles. The van der Waals surface area contributed by atoms with Crippen LogP contribution in [0.5, 0.6) is 11.5 Å². The highest BCUT2D eigenvalue weighted by Crippen LogP contribution is 2.65. The van der Waals surface area contributed by atoms with E-state index in [9.17, 15) is 15.0 Å². The zero-order valence-electron chi connectivity index (χ0n) is 18.1. The first-order chi connectivity index (χ1) is 15.0. The van der Waals surface area contributed by atoms with Gasteiger partial charge < -0.3 is 25.0 Å². The van der Waals surface area contributed by atoms with Gasteiger partial charge in [0.05, 0.1) is 24.5 Å². The Morgan fingerprint density at radius 2 is 2.16 bits per heavy atom. The van der Waals surface area contributed by atoms with Gasteiger partial charge in [-0.25, -0.2) is 0 Å². The molecular weight excluding hydrogens is 396 g/mol. The minimum Gasteiger partial charge on any atom is -0.504 e. The van der Waals surface area contributed by atoms with E-state index in [2.05, 4.69) is 10.2 Å². The smallest absolute Gasteiger partial charge is 0.306 e. The Morgan fingerprint density at radius 1 is 1.32 bits per heavy atom. The van der Waals surface area contributed by atoms with Crippen molar-refractivity contribution in [3.63, 3.8) is 0 Å². The molecule has 1 aromatic carbocycles. The first kappa shape index (κ1) is 19.8. The number of phenols is 1. The molecule has 3 fully saturated rings. The first-order valence-electron chi connectivity index (χ1n) is 11.8. The quantitative estimate of drug-likeness (QED) is 0.591. The summed E-state index contributed by atoms with van der Waals surface area (Å²) in [5.41, 5.74) is 0.875.